The third-order valence-electron chi connectivity index (χ3n) is 1.91. The summed E-state index contributed by atoms with van der Waals surface area (Å²) in [5.41, 5.74) is 6.87. The van der Waals surface area contributed by atoms with Crippen LogP contribution in [0.2, 0.25) is 0 Å². The molecule has 3 nitrogen and oxygen atoms in total. The van der Waals surface area contributed by atoms with E-state index in [0.717, 1.165) is 16.5 Å². The monoisotopic (exact) mass is 228 g/mol. The third kappa shape index (κ3) is 1.32. The zero-order chi connectivity index (χ0) is 8.55. The van der Waals surface area contributed by atoms with Crippen LogP contribution in [-0.2, 0) is 0 Å². The highest BCUT2D eigenvalue weighted by molar-refractivity contribution is 9.10. The molecule has 1 aliphatic rings. The van der Waals surface area contributed by atoms with Gasteiger partial charge in [-0.05, 0) is 22.0 Å². The first kappa shape index (κ1) is 8.01. The smallest absolute Gasteiger partial charge is 0.218 e. The summed E-state index contributed by atoms with van der Waals surface area (Å²) >= 11 is 3.34. The third-order valence-corrected chi connectivity index (χ3v) is 2.35. The van der Waals surface area contributed by atoms with Gasteiger partial charge in [-0.3, -0.25) is 0 Å². The number of rotatable bonds is 0. The maximum atomic E-state index is 5.87. The number of ether oxygens (including phenoxy) is 1. The first-order valence-electron chi connectivity index (χ1n) is 3.81. The van der Waals surface area contributed by atoms with Gasteiger partial charge < -0.3 is 10.5 Å². The van der Waals surface area contributed by atoms with Gasteiger partial charge >= 0.3 is 0 Å². The van der Waals surface area contributed by atoms with Gasteiger partial charge in [0.15, 0.2) is 0 Å². The molecule has 0 saturated carbocycles. The molecule has 0 spiro atoms. The van der Waals surface area contributed by atoms with Crippen LogP contribution in [0.3, 0.4) is 0 Å². The van der Waals surface area contributed by atoms with Gasteiger partial charge in [-0.1, -0.05) is 0 Å². The van der Waals surface area contributed by atoms with E-state index in [1.807, 2.05) is 6.07 Å². The molecule has 0 amide bonds. The van der Waals surface area contributed by atoms with E-state index in [4.69, 9.17) is 10.5 Å². The number of nitrogens with two attached hydrogens (primary N) is 1. The van der Waals surface area contributed by atoms with Crippen LogP contribution in [-0.4, -0.2) is 11.6 Å². The van der Waals surface area contributed by atoms with Crippen molar-refractivity contribution < 1.29 is 4.74 Å². The summed E-state index contributed by atoms with van der Waals surface area (Å²) < 4.78 is 6.28. The maximum absolute atomic E-state index is 5.87. The molecule has 2 N–H and O–H groups in total. The van der Waals surface area contributed by atoms with Crippen molar-refractivity contribution in [1.29, 1.82) is 0 Å². The molecule has 1 aromatic heterocycles. The Labute approximate surface area is 79.1 Å². The highest BCUT2D eigenvalue weighted by atomic mass is 79.9. The average Bonchev–Trinajstić information content (AvgIpc) is 2.07. The Morgan fingerprint density at radius 2 is 2.50 bits per heavy atom. The fraction of sp³-hybridized carbons (Fsp3) is 0.375. The molecule has 0 bridgehead atoms. The Kier molecular flexibility index (Phi) is 2.02. The predicted octanol–water partition coefficient (Wildman–Crippen LogP) is 1.63. The van der Waals surface area contributed by atoms with Crippen LogP contribution in [0.1, 0.15) is 18.0 Å². The van der Waals surface area contributed by atoms with Crippen molar-refractivity contribution in [3.8, 4) is 5.88 Å². The number of fused-ring (bicyclic) bond motifs is 1. The lowest BCUT2D eigenvalue weighted by atomic mass is 10.1. The molecular weight excluding hydrogens is 220 g/mol. The molecule has 12 heavy (non-hydrogen) atoms. The quantitative estimate of drug-likeness (QED) is 0.735. The molecule has 0 saturated heterocycles. The van der Waals surface area contributed by atoms with Crippen LogP contribution in [0, 0.1) is 0 Å². The van der Waals surface area contributed by atoms with Crippen LogP contribution in [0.5, 0.6) is 5.88 Å². The molecule has 1 atom stereocenters. The average molecular weight is 229 g/mol. The van der Waals surface area contributed by atoms with Crippen molar-refractivity contribution in [3.63, 3.8) is 0 Å². The standard InChI is InChI=1S/C8H9BrN2O/c9-5-3-6-7(10)1-2-12-8(6)11-4-5/h3-4,7H,1-2,10H2/t7-/m0/s1. The first-order chi connectivity index (χ1) is 5.77. The van der Waals surface area contributed by atoms with E-state index in [1.165, 1.54) is 0 Å². The Morgan fingerprint density at radius 3 is 3.33 bits per heavy atom. The number of aromatic nitrogens is 1. The van der Waals surface area contributed by atoms with Crippen LogP contribution < -0.4 is 10.5 Å². The Balaban J connectivity index is 2.47. The largest absolute Gasteiger partial charge is 0.477 e. The summed E-state index contributed by atoms with van der Waals surface area (Å²) in [6.45, 7) is 0.669. The molecule has 0 fully saturated rings. The number of pyridine rings is 1. The van der Waals surface area contributed by atoms with Crippen molar-refractivity contribution in [1.82, 2.24) is 4.98 Å². The molecule has 1 aliphatic heterocycles. The maximum Gasteiger partial charge on any atom is 0.218 e. The van der Waals surface area contributed by atoms with E-state index in [-0.39, 0.29) is 6.04 Å². The predicted molar refractivity (Wildman–Crippen MR) is 49.0 cm³/mol. The summed E-state index contributed by atoms with van der Waals surface area (Å²) in [5, 5.41) is 0. The normalized spacial score (nSPS) is 21.3. The van der Waals surface area contributed by atoms with E-state index in [1.54, 1.807) is 6.20 Å². The molecule has 1 aromatic rings. The summed E-state index contributed by atoms with van der Waals surface area (Å²) in [6, 6.07) is 2.03. The first-order valence-corrected chi connectivity index (χ1v) is 4.60. The van der Waals surface area contributed by atoms with Crippen molar-refractivity contribution in [2.24, 2.45) is 5.73 Å². The second-order valence-electron chi connectivity index (χ2n) is 2.79. The molecule has 2 heterocycles. The zero-order valence-corrected chi connectivity index (χ0v) is 8.04. The molecule has 0 radical (unpaired) electrons. The van der Waals surface area contributed by atoms with E-state index in [2.05, 4.69) is 20.9 Å². The lowest BCUT2D eigenvalue weighted by Crippen LogP contribution is -2.21. The van der Waals surface area contributed by atoms with Gasteiger partial charge in [0.05, 0.1) is 6.61 Å². The van der Waals surface area contributed by atoms with Crippen LogP contribution in [0.4, 0.5) is 0 Å². The van der Waals surface area contributed by atoms with Gasteiger partial charge in [-0.2, -0.15) is 0 Å². The van der Waals surface area contributed by atoms with Crippen molar-refractivity contribution >= 4 is 15.9 Å². The van der Waals surface area contributed by atoms with E-state index < -0.39 is 0 Å². The number of nitrogens with zero attached hydrogens (tertiary/aromatic N) is 1. The second-order valence-corrected chi connectivity index (χ2v) is 3.71. The molecular formula is C8H9BrN2O. The second kappa shape index (κ2) is 3.03. The number of hydrogen-bond acceptors (Lipinski definition) is 3. The van der Waals surface area contributed by atoms with Crippen LogP contribution in [0.25, 0.3) is 0 Å². The SMILES string of the molecule is N[C@H]1CCOc2ncc(Br)cc21. The molecule has 4 heteroatoms. The number of hydrogen-bond donors (Lipinski definition) is 1. The summed E-state index contributed by atoms with van der Waals surface area (Å²) in [5.74, 6) is 0.678. The van der Waals surface area contributed by atoms with E-state index in [0.29, 0.717) is 12.5 Å². The van der Waals surface area contributed by atoms with Crippen LogP contribution >= 0.6 is 15.9 Å². The Morgan fingerprint density at radius 1 is 1.67 bits per heavy atom. The van der Waals surface area contributed by atoms with Crippen molar-refractivity contribution in [2.45, 2.75) is 12.5 Å². The van der Waals surface area contributed by atoms with Gasteiger partial charge in [0.1, 0.15) is 0 Å². The lowest BCUT2D eigenvalue weighted by Gasteiger charge is -2.21. The van der Waals surface area contributed by atoms with Gasteiger partial charge in [0.25, 0.3) is 0 Å². The fourth-order valence-corrected chi connectivity index (χ4v) is 1.62. The van der Waals surface area contributed by atoms with E-state index in [9.17, 15) is 0 Å². The Bertz CT molecular complexity index is 303. The highest BCUT2D eigenvalue weighted by Gasteiger charge is 2.18. The van der Waals surface area contributed by atoms with Gasteiger partial charge in [0, 0.05) is 28.7 Å². The number of halogens is 1. The topological polar surface area (TPSA) is 48.1 Å². The van der Waals surface area contributed by atoms with Crippen LogP contribution in [0.15, 0.2) is 16.7 Å². The lowest BCUT2D eigenvalue weighted by molar-refractivity contribution is 0.257. The molecule has 0 aromatic carbocycles. The summed E-state index contributed by atoms with van der Waals surface area (Å²) in [6.07, 6.45) is 2.59. The molecule has 64 valence electrons. The minimum absolute atomic E-state index is 0.0683. The zero-order valence-electron chi connectivity index (χ0n) is 6.46. The minimum atomic E-state index is 0.0683. The molecule has 0 unspecified atom stereocenters. The Hall–Kier alpha value is -0.610. The van der Waals surface area contributed by atoms with Gasteiger partial charge in [-0.15, -0.1) is 0 Å². The van der Waals surface area contributed by atoms with Crippen molar-refractivity contribution in [2.75, 3.05) is 6.61 Å². The fourth-order valence-electron chi connectivity index (χ4n) is 1.27. The molecule has 2 rings (SSSR count). The molecule has 0 aliphatic carbocycles. The summed E-state index contributed by atoms with van der Waals surface area (Å²) in [4.78, 5) is 4.12. The minimum Gasteiger partial charge on any atom is -0.477 e. The van der Waals surface area contributed by atoms with E-state index >= 15 is 0 Å². The van der Waals surface area contributed by atoms with Gasteiger partial charge in [0.2, 0.25) is 5.88 Å². The summed E-state index contributed by atoms with van der Waals surface area (Å²) in [7, 11) is 0. The highest BCUT2D eigenvalue weighted by Crippen LogP contribution is 2.30. The van der Waals surface area contributed by atoms with Gasteiger partial charge in [-0.25, -0.2) is 4.98 Å². The van der Waals surface area contributed by atoms with Crippen molar-refractivity contribution in [3.05, 3.63) is 22.3 Å².